The molecule has 16 heavy (non-hydrogen) atoms. The van der Waals surface area contributed by atoms with Crippen molar-refractivity contribution in [2.24, 2.45) is 0 Å². The van der Waals surface area contributed by atoms with Gasteiger partial charge in [-0.1, -0.05) is 23.2 Å². The number of alkyl halides is 2. The molecule has 0 aromatic carbocycles. The molecular weight excluding hydrogens is 267 g/mol. The zero-order valence-corrected chi connectivity index (χ0v) is 9.23. The zero-order chi connectivity index (χ0) is 12.9. The molecule has 0 aromatic heterocycles. The first-order chi connectivity index (χ1) is 7.17. The van der Waals surface area contributed by atoms with Crippen molar-refractivity contribution in [3.63, 3.8) is 0 Å². The van der Waals surface area contributed by atoms with Gasteiger partial charge in [-0.05, 0) is 0 Å². The number of halogens is 2. The first-order valence-corrected chi connectivity index (χ1v) is 4.70. The first-order valence-electron chi connectivity index (χ1n) is 3.82. The molecule has 1 atom stereocenters. The molecule has 0 saturated carbocycles. The Bertz CT molecular complexity index is 303. The summed E-state index contributed by atoms with van der Waals surface area (Å²) in [5, 5.41) is 24.8. The van der Waals surface area contributed by atoms with E-state index in [1.807, 2.05) is 0 Å². The predicted octanol–water partition coefficient (Wildman–Crippen LogP) is -0.0287. The van der Waals surface area contributed by atoms with Crippen LogP contribution >= 0.6 is 23.2 Å². The van der Waals surface area contributed by atoms with Gasteiger partial charge < -0.3 is 20.1 Å². The third kappa shape index (κ3) is 5.15. The maximum Gasteiger partial charge on any atom is 0.336 e. The predicted molar refractivity (Wildman–Crippen MR) is 51.0 cm³/mol. The summed E-state index contributed by atoms with van der Waals surface area (Å²) in [5.41, 5.74) is -2.74. The van der Waals surface area contributed by atoms with E-state index in [0.29, 0.717) is 0 Å². The molecule has 0 saturated heterocycles. The SMILES string of the molecule is O=C(O)CC(O)(CC(=O)OC(Cl)Cl)C(=O)O. The molecular formula is C7H8Cl2O7. The molecule has 0 aliphatic rings. The van der Waals surface area contributed by atoms with E-state index in [4.69, 9.17) is 33.4 Å². The van der Waals surface area contributed by atoms with E-state index in [1.54, 1.807) is 0 Å². The number of carbonyl (C=O) groups is 3. The normalized spacial score (nSPS) is 14.2. The van der Waals surface area contributed by atoms with Gasteiger partial charge in [-0.15, -0.1) is 0 Å². The molecule has 0 aliphatic carbocycles. The molecule has 3 N–H and O–H groups in total. The van der Waals surface area contributed by atoms with Crippen molar-refractivity contribution in [1.29, 1.82) is 0 Å². The molecule has 92 valence electrons. The fourth-order valence-electron chi connectivity index (χ4n) is 0.844. The first kappa shape index (κ1) is 14.9. The van der Waals surface area contributed by atoms with E-state index < -0.39 is 41.4 Å². The molecule has 0 bridgehead atoms. The van der Waals surface area contributed by atoms with Crippen LogP contribution in [0.2, 0.25) is 0 Å². The fourth-order valence-corrected chi connectivity index (χ4v) is 1.04. The third-order valence-corrected chi connectivity index (χ3v) is 1.68. The second kappa shape index (κ2) is 5.88. The summed E-state index contributed by atoms with van der Waals surface area (Å²) < 4.78 is 4.15. The number of ether oxygens (including phenoxy) is 1. The molecule has 0 spiro atoms. The van der Waals surface area contributed by atoms with Gasteiger partial charge in [-0.2, -0.15) is 0 Å². The number of esters is 1. The van der Waals surface area contributed by atoms with Gasteiger partial charge >= 0.3 is 17.9 Å². The number of carboxylic acids is 2. The Morgan fingerprint density at radius 1 is 1.19 bits per heavy atom. The summed E-state index contributed by atoms with van der Waals surface area (Å²) in [5.74, 6) is -4.65. The Labute approximate surface area is 99.5 Å². The highest BCUT2D eigenvalue weighted by atomic mass is 35.5. The van der Waals surface area contributed by atoms with Gasteiger partial charge in [0.2, 0.25) is 0 Å². The third-order valence-electron chi connectivity index (χ3n) is 1.50. The van der Waals surface area contributed by atoms with Crippen molar-refractivity contribution in [3.05, 3.63) is 0 Å². The van der Waals surface area contributed by atoms with Crippen molar-refractivity contribution in [3.8, 4) is 0 Å². The Morgan fingerprint density at radius 2 is 1.69 bits per heavy atom. The van der Waals surface area contributed by atoms with E-state index in [0.717, 1.165) is 0 Å². The highest BCUT2D eigenvalue weighted by molar-refractivity contribution is 6.43. The van der Waals surface area contributed by atoms with Crippen molar-refractivity contribution in [2.75, 3.05) is 0 Å². The van der Waals surface area contributed by atoms with Crippen LogP contribution in [0.25, 0.3) is 0 Å². The second-order valence-corrected chi connectivity index (χ2v) is 3.85. The zero-order valence-electron chi connectivity index (χ0n) is 7.72. The van der Waals surface area contributed by atoms with E-state index in [2.05, 4.69) is 4.74 Å². The lowest BCUT2D eigenvalue weighted by atomic mass is 9.96. The van der Waals surface area contributed by atoms with Gasteiger partial charge in [-0.3, -0.25) is 9.59 Å². The maximum atomic E-state index is 10.9. The van der Waals surface area contributed by atoms with Crippen LogP contribution in [0.15, 0.2) is 0 Å². The molecule has 0 heterocycles. The van der Waals surface area contributed by atoms with Crippen LogP contribution in [0.5, 0.6) is 0 Å². The van der Waals surface area contributed by atoms with E-state index in [1.165, 1.54) is 0 Å². The number of hydrogen-bond acceptors (Lipinski definition) is 5. The Kier molecular flexibility index (Phi) is 5.49. The summed E-state index contributed by atoms with van der Waals surface area (Å²) in [6.45, 7) is 0. The summed E-state index contributed by atoms with van der Waals surface area (Å²) in [6.07, 6.45) is -2.21. The van der Waals surface area contributed by atoms with Crippen LogP contribution in [-0.2, 0) is 19.1 Å². The standard InChI is InChI=1S/C7H8Cl2O7/c8-6(9)16-4(12)2-7(15,5(13)14)1-3(10)11/h6,15H,1-2H2,(H,10,11)(H,13,14). The molecule has 7 nitrogen and oxygen atoms in total. The number of aliphatic carboxylic acids is 2. The van der Waals surface area contributed by atoms with Gasteiger partial charge in [0.05, 0.1) is 12.8 Å². The monoisotopic (exact) mass is 274 g/mol. The molecule has 0 rings (SSSR count). The Balaban J connectivity index is 4.62. The number of hydrogen-bond donors (Lipinski definition) is 3. The van der Waals surface area contributed by atoms with Gasteiger partial charge in [0.25, 0.3) is 5.02 Å². The molecule has 1 unspecified atom stereocenters. The number of rotatable bonds is 6. The molecule has 0 fully saturated rings. The minimum absolute atomic E-state index is 1.06. The minimum Gasteiger partial charge on any atom is -0.481 e. The molecule has 0 radical (unpaired) electrons. The Morgan fingerprint density at radius 3 is 2.00 bits per heavy atom. The summed E-state index contributed by atoms with van der Waals surface area (Å²) >= 11 is 10.1. The van der Waals surface area contributed by atoms with Crippen LogP contribution < -0.4 is 0 Å². The number of carbonyl (C=O) groups excluding carboxylic acids is 1. The van der Waals surface area contributed by atoms with Crippen LogP contribution in [0.1, 0.15) is 12.8 Å². The van der Waals surface area contributed by atoms with Gasteiger partial charge in [0.1, 0.15) is 0 Å². The van der Waals surface area contributed by atoms with Crippen LogP contribution in [-0.4, -0.2) is 43.9 Å². The lowest BCUT2D eigenvalue weighted by molar-refractivity contribution is -0.171. The smallest absolute Gasteiger partial charge is 0.336 e. The number of carboxylic acid groups (broad SMARTS) is 2. The van der Waals surface area contributed by atoms with Crippen LogP contribution in [0, 0.1) is 0 Å². The van der Waals surface area contributed by atoms with Gasteiger partial charge in [0.15, 0.2) is 5.60 Å². The van der Waals surface area contributed by atoms with Crippen molar-refractivity contribution < 1.29 is 34.4 Å². The van der Waals surface area contributed by atoms with Crippen molar-refractivity contribution in [2.45, 2.75) is 23.5 Å². The quantitative estimate of drug-likeness (QED) is 0.459. The highest BCUT2D eigenvalue weighted by Gasteiger charge is 2.41. The van der Waals surface area contributed by atoms with Gasteiger partial charge in [-0.25, -0.2) is 4.79 Å². The molecule has 0 aliphatic heterocycles. The van der Waals surface area contributed by atoms with E-state index >= 15 is 0 Å². The number of aliphatic hydroxyl groups is 1. The molecule has 0 aromatic rings. The topological polar surface area (TPSA) is 121 Å². The van der Waals surface area contributed by atoms with Gasteiger partial charge in [0, 0.05) is 0 Å². The maximum absolute atomic E-state index is 10.9. The average molecular weight is 275 g/mol. The van der Waals surface area contributed by atoms with E-state index in [-0.39, 0.29) is 0 Å². The van der Waals surface area contributed by atoms with Crippen molar-refractivity contribution in [1.82, 2.24) is 0 Å². The lowest BCUT2D eigenvalue weighted by Gasteiger charge is -2.20. The lowest BCUT2D eigenvalue weighted by Crippen LogP contribution is -2.43. The molecule has 0 amide bonds. The fraction of sp³-hybridized carbons (Fsp3) is 0.571. The van der Waals surface area contributed by atoms with Crippen LogP contribution in [0.3, 0.4) is 0 Å². The largest absolute Gasteiger partial charge is 0.481 e. The summed E-state index contributed by atoms with van der Waals surface area (Å²) in [4.78, 5) is 31.8. The Hall–Kier alpha value is -1.05. The second-order valence-electron chi connectivity index (χ2n) is 2.83. The van der Waals surface area contributed by atoms with Crippen molar-refractivity contribution >= 4 is 41.1 Å². The summed E-state index contributed by atoms with van der Waals surface area (Å²) in [7, 11) is 0. The van der Waals surface area contributed by atoms with Crippen LogP contribution in [0.4, 0.5) is 0 Å². The van der Waals surface area contributed by atoms with E-state index in [9.17, 15) is 19.5 Å². The highest BCUT2D eigenvalue weighted by Crippen LogP contribution is 2.18. The average Bonchev–Trinajstić information content (AvgIpc) is 1.98. The summed E-state index contributed by atoms with van der Waals surface area (Å²) in [6, 6.07) is 0. The minimum atomic E-state index is -2.74. The molecule has 9 heteroatoms.